The van der Waals surface area contributed by atoms with Crippen molar-refractivity contribution in [1.82, 2.24) is 15.1 Å². The SMILES string of the molecule is O=C(O)[C@H](CO)NC(=O)N1CCCN2CCCC2C1. The van der Waals surface area contributed by atoms with Crippen LogP contribution in [0.25, 0.3) is 0 Å². The summed E-state index contributed by atoms with van der Waals surface area (Å²) in [5.74, 6) is -1.21. The van der Waals surface area contributed by atoms with Crippen molar-refractivity contribution >= 4 is 12.0 Å². The van der Waals surface area contributed by atoms with Gasteiger partial charge >= 0.3 is 12.0 Å². The molecule has 1 unspecified atom stereocenters. The van der Waals surface area contributed by atoms with Gasteiger partial charge in [-0.3, -0.25) is 4.90 Å². The van der Waals surface area contributed by atoms with Gasteiger partial charge in [-0.25, -0.2) is 9.59 Å². The summed E-state index contributed by atoms with van der Waals surface area (Å²) < 4.78 is 0. The van der Waals surface area contributed by atoms with E-state index in [-0.39, 0.29) is 0 Å². The minimum atomic E-state index is -1.23. The van der Waals surface area contributed by atoms with Crippen LogP contribution in [0.4, 0.5) is 4.79 Å². The number of carbonyl (C=O) groups is 2. The van der Waals surface area contributed by atoms with Gasteiger partial charge in [0, 0.05) is 25.7 Å². The van der Waals surface area contributed by atoms with Crippen LogP contribution in [0.3, 0.4) is 0 Å². The molecule has 0 spiro atoms. The molecule has 0 radical (unpaired) electrons. The highest BCUT2D eigenvalue weighted by molar-refractivity contribution is 5.82. The second-order valence-corrected chi connectivity index (χ2v) is 5.15. The van der Waals surface area contributed by atoms with E-state index >= 15 is 0 Å². The second kappa shape index (κ2) is 6.21. The number of carboxylic acids is 1. The molecule has 2 aliphatic heterocycles. The van der Waals surface area contributed by atoms with E-state index in [9.17, 15) is 9.59 Å². The highest BCUT2D eigenvalue weighted by Crippen LogP contribution is 2.21. The maximum absolute atomic E-state index is 12.0. The van der Waals surface area contributed by atoms with Gasteiger partial charge in [-0.1, -0.05) is 0 Å². The van der Waals surface area contributed by atoms with E-state index in [2.05, 4.69) is 10.2 Å². The Morgan fingerprint density at radius 2 is 2.00 bits per heavy atom. The van der Waals surface area contributed by atoms with Crippen molar-refractivity contribution < 1.29 is 19.8 Å². The summed E-state index contributed by atoms with van der Waals surface area (Å²) in [5.41, 5.74) is 0. The van der Waals surface area contributed by atoms with Crippen LogP contribution in [0.1, 0.15) is 19.3 Å². The molecule has 2 fully saturated rings. The number of nitrogens with zero attached hydrogens (tertiary/aromatic N) is 2. The van der Waals surface area contributed by atoms with Gasteiger partial charge in [-0.05, 0) is 25.8 Å². The summed E-state index contributed by atoms with van der Waals surface area (Å²) in [7, 11) is 0. The van der Waals surface area contributed by atoms with Crippen LogP contribution in [0, 0.1) is 0 Å². The van der Waals surface area contributed by atoms with Gasteiger partial charge in [-0.15, -0.1) is 0 Å². The Morgan fingerprint density at radius 1 is 1.26 bits per heavy atom. The first-order valence-corrected chi connectivity index (χ1v) is 6.75. The fourth-order valence-electron chi connectivity index (χ4n) is 2.82. The molecule has 2 aliphatic rings. The zero-order chi connectivity index (χ0) is 13.8. The predicted octanol–water partition coefficient (Wildman–Crippen LogP) is -0.688. The molecule has 0 saturated carbocycles. The molecule has 2 rings (SSSR count). The van der Waals surface area contributed by atoms with Crippen molar-refractivity contribution in [3.05, 3.63) is 0 Å². The number of amides is 2. The molecule has 0 aromatic carbocycles. The summed E-state index contributed by atoms with van der Waals surface area (Å²) in [4.78, 5) is 26.9. The van der Waals surface area contributed by atoms with E-state index in [0.717, 1.165) is 32.4 Å². The van der Waals surface area contributed by atoms with Crippen LogP contribution in [0.5, 0.6) is 0 Å². The lowest BCUT2D eigenvalue weighted by Gasteiger charge is -2.26. The maximum Gasteiger partial charge on any atom is 0.328 e. The average Bonchev–Trinajstić information content (AvgIpc) is 2.72. The van der Waals surface area contributed by atoms with Crippen LogP contribution >= 0.6 is 0 Å². The fraction of sp³-hybridized carbons (Fsp3) is 0.833. The molecule has 0 aromatic heterocycles. The number of hydrogen-bond acceptors (Lipinski definition) is 4. The minimum Gasteiger partial charge on any atom is -0.480 e. The number of carboxylic acid groups (broad SMARTS) is 1. The number of aliphatic carboxylic acids is 1. The van der Waals surface area contributed by atoms with Gasteiger partial charge in [-0.2, -0.15) is 0 Å². The predicted molar refractivity (Wildman–Crippen MR) is 67.8 cm³/mol. The molecule has 2 amide bonds. The summed E-state index contributed by atoms with van der Waals surface area (Å²) >= 11 is 0. The third-order valence-electron chi connectivity index (χ3n) is 3.87. The minimum absolute atomic E-state index is 0.393. The Morgan fingerprint density at radius 3 is 2.68 bits per heavy atom. The smallest absolute Gasteiger partial charge is 0.328 e. The van der Waals surface area contributed by atoms with E-state index < -0.39 is 24.6 Å². The zero-order valence-corrected chi connectivity index (χ0v) is 10.9. The Kier molecular flexibility index (Phi) is 4.60. The third-order valence-corrected chi connectivity index (χ3v) is 3.87. The number of fused-ring (bicyclic) bond motifs is 1. The molecule has 7 nitrogen and oxygen atoms in total. The molecular weight excluding hydrogens is 250 g/mol. The van der Waals surface area contributed by atoms with Crippen molar-refractivity contribution in [2.45, 2.75) is 31.3 Å². The number of urea groups is 1. The maximum atomic E-state index is 12.0. The molecule has 2 atom stereocenters. The van der Waals surface area contributed by atoms with Gasteiger partial charge in [0.2, 0.25) is 0 Å². The van der Waals surface area contributed by atoms with E-state index in [1.165, 1.54) is 0 Å². The average molecular weight is 271 g/mol. The van der Waals surface area contributed by atoms with Gasteiger partial charge in [0.05, 0.1) is 6.61 Å². The van der Waals surface area contributed by atoms with Gasteiger partial charge < -0.3 is 20.4 Å². The fourth-order valence-corrected chi connectivity index (χ4v) is 2.82. The van der Waals surface area contributed by atoms with Gasteiger partial charge in [0.1, 0.15) is 0 Å². The summed E-state index contributed by atoms with van der Waals surface area (Å²) in [6, 6.07) is -1.23. The Balaban J connectivity index is 1.92. The molecule has 2 heterocycles. The largest absolute Gasteiger partial charge is 0.480 e. The number of carbonyl (C=O) groups excluding carboxylic acids is 1. The molecule has 0 aliphatic carbocycles. The van der Waals surface area contributed by atoms with Crippen molar-refractivity contribution in [1.29, 1.82) is 0 Å². The molecule has 108 valence electrons. The molecule has 7 heteroatoms. The number of aliphatic hydroxyl groups excluding tert-OH is 1. The molecule has 0 bridgehead atoms. The van der Waals surface area contributed by atoms with Crippen LogP contribution in [-0.4, -0.2) is 76.9 Å². The Hall–Kier alpha value is -1.34. The molecule has 0 aromatic rings. The van der Waals surface area contributed by atoms with Crippen LogP contribution < -0.4 is 5.32 Å². The number of aliphatic hydroxyl groups is 1. The van der Waals surface area contributed by atoms with Gasteiger partial charge in [0.15, 0.2) is 6.04 Å². The first-order valence-electron chi connectivity index (χ1n) is 6.75. The third kappa shape index (κ3) is 3.36. The number of nitrogens with one attached hydrogen (secondary N) is 1. The standard InChI is InChI=1S/C12H21N3O4/c16-8-10(11(17)18)13-12(19)15-6-2-5-14-4-1-3-9(14)7-15/h9-10,16H,1-8H2,(H,13,19)(H,17,18)/t9?,10-/m0/s1. The first kappa shape index (κ1) is 14.1. The second-order valence-electron chi connectivity index (χ2n) is 5.15. The zero-order valence-electron chi connectivity index (χ0n) is 10.9. The van der Waals surface area contributed by atoms with E-state index in [0.29, 0.717) is 19.1 Å². The molecule has 19 heavy (non-hydrogen) atoms. The topological polar surface area (TPSA) is 93.1 Å². The lowest BCUT2D eigenvalue weighted by atomic mass is 10.2. The summed E-state index contributed by atoms with van der Waals surface area (Å²) in [6.07, 6.45) is 3.15. The normalized spacial score (nSPS) is 25.5. The van der Waals surface area contributed by atoms with Gasteiger partial charge in [0.25, 0.3) is 0 Å². The van der Waals surface area contributed by atoms with Crippen LogP contribution in [0.2, 0.25) is 0 Å². The van der Waals surface area contributed by atoms with Crippen molar-refractivity contribution in [3.8, 4) is 0 Å². The van der Waals surface area contributed by atoms with Crippen molar-refractivity contribution in [3.63, 3.8) is 0 Å². The van der Waals surface area contributed by atoms with Crippen LogP contribution in [0.15, 0.2) is 0 Å². The highest BCUT2D eigenvalue weighted by atomic mass is 16.4. The van der Waals surface area contributed by atoms with E-state index in [1.807, 2.05) is 0 Å². The summed E-state index contributed by atoms with van der Waals surface area (Å²) in [6.45, 7) is 2.77. The van der Waals surface area contributed by atoms with Crippen molar-refractivity contribution in [2.75, 3.05) is 32.8 Å². The van der Waals surface area contributed by atoms with E-state index in [1.54, 1.807) is 4.90 Å². The number of hydrogen-bond donors (Lipinski definition) is 3. The van der Waals surface area contributed by atoms with E-state index in [4.69, 9.17) is 10.2 Å². The first-order chi connectivity index (χ1) is 9.11. The van der Waals surface area contributed by atoms with Crippen molar-refractivity contribution in [2.24, 2.45) is 0 Å². The Bertz CT molecular complexity index is 350. The Labute approximate surface area is 112 Å². The molecule has 2 saturated heterocycles. The lowest BCUT2D eigenvalue weighted by Crippen LogP contribution is -2.51. The monoisotopic (exact) mass is 271 g/mol. The molecular formula is C12H21N3O4. The summed E-state index contributed by atoms with van der Waals surface area (Å²) in [5, 5.41) is 20.1. The highest BCUT2D eigenvalue weighted by Gasteiger charge is 2.31. The molecule has 3 N–H and O–H groups in total. The lowest BCUT2D eigenvalue weighted by molar-refractivity contribution is -0.140. The van der Waals surface area contributed by atoms with Crippen LogP contribution in [-0.2, 0) is 4.79 Å². The number of rotatable bonds is 3. The quantitative estimate of drug-likeness (QED) is 0.632.